The van der Waals surface area contributed by atoms with Gasteiger partial charge >= 0.3 is 0 Å². The van der Waals surface area contributed by atoms with Gasteiger partial charge < -0.3 is 5.32 Å². The SMILES string of the molecule is CCc1ccc(CNc2ncc(C)cn2)cc1. The number of hydrogen-bond acceptors (Lipinski definition) is 3. The second-order valence-corrected chi connectivity index (χ2v) is 4.11. The number of anilines is 1. The Kier molecular flexibility index (Phi) is 3.70. The van der Waals surface area contributed by atoms with Gasteiger partial charge in [-0.1, -0.05) is 31.2 Å². The van der Waals surface area contributed by atoms with Crippen molar-refractivity contribution in [2.24, 2.45) is 0 Å². The Balaban J connectivity index is 1.95. The standard InChI is InChI=1S/C14H17N3/c1-3-12-4-6-13(7-5-12)10-17-14-15-8-11(2)9-16-14/h4-9H,3,10H2,1-2H3,(H,15,16,17). The average Bonchev–Trinajstić information content (AvgIpc) is 2.39. The Morgan fingerprint density at radius 2 is 1.59 bits per heavy atom. The van der Waals surface area contributed by atoms with Gasteiger partial charge in [0.2, 0.25) is 5.95 Å². The van der Waals surface area contributed by atoms with Crippen molar-refractivity contribution in [1.29, 1.82) is 0 Å². The molecule has 0 fully saturated rings. The summed E-state index contributed by atoms with van der Waals surface area (Å²) in [6, 6.07) is 8.60. The van der Waals surface area contributed by atoms with E-state index in [1.807, 2.05) is 19.3 Å². The summed E-state index contributed by atoms with van der Waals surface area (Å²) >= 11 is 0. The van der Waals surface area contributed by atoms with Crippen molar-refractivity contribution in [3.63, 3.8) is 0 Å². The normalized spacial score (nSPS) is 10.2. The van der Waals surface area contributed by atoms with Crippen LogP contribution in [0.15, 0.2) is 36.7 Å². The van der Waals surface area contributed by atoms with E-state index in [4.69, 9.17) is 0 Å². The highest BCUT2D eigenvalue weighted by atomic mass is 15.1. The summed E-state index contributed by atoms with van der Waals surface area (Å²) in [6.45, 7) is 4.90. The molecule has 0 unspecified atom stereocenters. The van der Waals surface area contributed by atoms with Crippen LogP contribution in [-0.2, 0) is 13.0 Å². The molecule has 88 valence electrons. The van der Waals surface area contributed by atoms with E-state index in [2.05, 4.69) is 46.5 Å². The summed E-state index contributed by atoms with van der Waals surface area (Å²) < 4.78 is 0. The van der Waals surface area contributed by atoms with Gasteiger partial charge in [0.15, 0.2) is 0 Å². The van der Waals surface area contributed by atoms with Crippen LogP contribution >= 0.6 is 0 Å². The van der Waals surface area contributed by atoms with Crippen LogP contribution in [0.2, 0.25) is 0 Å². The lowest BCUT2D eigenvalue weighted by atomic mass is 10.1. The van der Waals surface area contributed by atoms with Crippen molar-refractivity contribution in [3.8, 4) is 0 Å². The van der Waals surface area contributed by atoms with Gasteiger partial charge in [-0.3, -0.25) is 0 Å². The summed E-state index contributed by atoms with van der Waals surface area (Å²) in [5, 5.41) is 3.20. The highest BCUT2D eigenvalue weighted by Crippen LogP contribution is 2.07. The second kappa shape index (κ2) is 5.43. The molecular weight excluding hydrogens is 210 g/mol. The third-order valence-electron chi connectivity index (χ3n) is 2.66. The molecule has 1 heterocycles. The molecule has 1 N–H and O–H groups in total. The molecule has 2 rings (SSSR count). The van der Waals surface area contributed by atoms with Crippen molar-refractivity contribution in [2.45, 2.75) is 26.8 Å². The molecule has 3 heteroatoms. The average molecular weight is 227 g/mol. The van der Waals surface area contributed by atoms with E-state index < -0.39 is 0 Å². The lowest BCUT2D eigenvalue weighted by Gasteiger charge is -2.05. The molecule has 0 radical (unpaired) electrons. The molecule has 1 aromatic carbocycles. The van der Waals surface area contributed by atoms with Crippen molar-refractivity contribution in [3.05, 3.63) is 53.3 Å². The van der Waals surface area contributed by atoms with E-state index >= 15 is 0 Å². The van der Waals surface area contributed by atoms with Crippen LogP contribution in [0.25, 0.3) is 0 Å². The molecule has 0 aliphatic carbocycles. The summed E-state index contributed by atoms with van der Waals surface area (Å²) in [5.41, 5.74) is 3.68. The molecule has 0 bridgehead atoms. The van der Waals surface area contributed by atoms with Gasteiger partial charge in [0.05, 0.1) is 0 Å². The van der Waals surface area contributed by atoms with Crippen molar-refractivity contribution in [2.75, 3.05) is 5.32 Å². The molecule has 0 saturated heterocycles. The van der Waals surface area contributed by atoms with Crippen molar-refractivity contribution < 1.29 is 0 Å². The van der Waals surface area contributed by atoms with Gasteiger partial charge in [0, 0.05) is 18.9 Å². The predicted molar refractivity (Wildman–Crippen MR) is 69.9 cm³/mol. The molecular formula is C14H17N3. The fourth-order valence-electron chi connectivity index (χ4n) is 1.56. The second-order valence-electron chi connectivity index (χ2n) is 4.11. The fraction of sp³-hybridized carbons (Fsp3) is 0.286. The Bertz CT molecular complexity index is 460. The van der Waals surface area contributed by atoms with E-state index in [1.54, 1.807) is 0 Å². The van der Waals surface area contributed by atoms with Crippen LogP contribution < -0.4 is 5.32 Å². The van der Waals surface area contributed by atoms with Gasteiger partial charge in [-0.2, -0.15) is 0 Å². The first-order valence-corrected chi connectivity index (χ1v) is 5.88. The summed E-state index contributed by atoms with van der Waals surface area (Å²) in [7, 11) is 0. The Morgan fingerprint density at radius 1 is 1.00 bits per heavy atom. The molecule has 0 spiro atoms. The smallest absolute Gasteiger partial charge is 0.222 e. The van der Waals surface area contributed by atoms with E-state index in [0.717, 1.165) is 18.5 Å². The van der Waals surface area contributed by atoms with Crippen LogP contribution in [0, 0.1) is 6.92 Å². The molecule has 0 saturated carbocycles. The zero-order chi connectivity index (χ0) is 12.1. The monoisotopic (exact) mass is 227 g/mol. The Labute approximate surface area is 102 Å². The zero-order valence-electron chi connectivity index (χ0n) is 10.3. The number of nitrogens with zero attached hydrogens (tertiary/aromatic N) is 2. The Hall–Kier alpha value is -1.90. The number of benzene rings is 1. The first kappa shape index (κ1) is 11.6. The summed E-state index contributed by atoms with van der Waals surface area (Å²) in [5.74, 6) is 0.676. The minimum Gasteiger partial charge on any atom is -0.350 e. The molecule has 0 atom stereocenters. The van der Waals surface area contributed by atoms with Crippen LogP contribution in [0.1, 0.15) is 23.6 Å². The van der Waals surface area contributed by atoms with Gasteiger partial charge in [0.1, 0.15) is 0 Å². The summed E-state index contributed by atoms with van der Waals surface area (Å²) in [6.07, 6.45) is 4.71. The first-order valence-electron chi connectivity index (χ1n) is 5.88. The number of aryl methyl sites for hydroxylation is 2. The topological polar surface area (TPSA) is 37.8 Å². The van der Waals surface area contributed by atoms with Crippen LogP contribution in [0.4, 0.5) is 5.95 Å². The maximum atomic E-state index is 4.20. The molecule has 17 heavy (non-hydrogen) atoms. The fourth-order valence-corrected chi connectivity index (χ4v) is 1.56. The molecule has 0 amide bonds. The van der Waals surface area contributed by atoms with Gasteiger partial charge in [-0.25, -0.2) is 9.97 Å². The maximum absolute atomic E-state index is 4.20. The number of rotatable bonds is 4. The molecule has 0 aliphatic heterocycles. The van der Waals surface area contributed by atoms with E-state index in [0.29, 0.717) is 5.95 Å². The molecule has 3 nitrogen and oxygen atoms in total. The number of hydrogen-bond donors (Lipinski definition) is 1. The minimum atomic E-state index is 0.676. The molecule has 1 aromatic heterocycles. The third-order valence-corrected chi connectivity index (χ3v) is 2.66. The van der Waals surface area contributed by atoms with E-state index in [9.17, 15) is 0 Å². The molecule has 2 aromatic rings. The zero-order valence-corrected chi connectivity index (χ0v) is 10.3. The number of nitrogens with one attached hydrogen (secondary N) is 1. The highest BCUT2D eigenvalue weighted by molar-refractivity contribution is 5.29. The van der Waals surface area contributed by atoms with Crippen LogP contribution in [0.5, 0.6) is 0 Å². The van der Waals surface area contributed by atoms with Gasteiger partial charge in [-0.15, -0.1) is 0 Å². The van der Waals surface area contributed by atoms with Crippen LogP contribution in [-0.4, -0.2) is 9.97 Å². The molecule has 0 aliphatic rings. The van der Waals surface area contributed by atoms with E-state index in [1.165, 1.54) is 11.1 Å². The third kappa shape index (κ3) is 3.28. The van der Waals surface area contributed by atoms with Gasteiger partial charge in [0.25, 0.3) is 0 Å². The summed E-state index contributed by atoms with van der Waals surface area (Å²) in [4.78, 5) is 8.41. The Morgan fingerprint density at radius 3 is 2.18 bits per heavy atom. The van der Waals surface area contributed by atoms with Crippen molar-refractivity contribution in [1.82, 2.24) is 9.97 Å². The maximum Gasteiger partial charge on any atom is 0.222 e. The lowest BCUT2D eigenvalue weighted by molar-refractivity contribution is 1.04. The first-order chi connectivity index (χ1) is 8.28. The van der Waals surface area contributed by atoms with Crippen LogP contribution in [0.3, 0.4) is 0 Å². The largest absolute Gasteiger partial charge is 0.350 e. The van der Waals surface area contributed by atoms with Gasteiger partial charge in [-0.05, 0) is 30.0 Å². The van der Waals surface area contributed by atoms with E-state index in [-0.39, 0.29) is 0 Å². The highest BCUT2D eigenvalue weighted by Gasteiger charge is 1.96. The minimum absolute atomic E-state index is 0.676. The lowest BCUT2D eigenvalue weighted by Crippen LogP contribution is -2.03. The quantitative estimate of drug-likeness (QED) is 0.872. The van der Waals surface area contributed by atoms with Crippen molar-refractivity contribution >= 4 is 5.95 Å². The predicted octanol–water partition coefficient (Wildman–Crippen LogP) is 2.96. The number of aromatic nitrogens is 2.